The summed E-state index contributed by atoms with van der Waals surface area (Å²) in [5.41, 5.74) is 2.29. The summed E-state index contributed by atoms with van der Waals surface area (Å²) in [6.07, 6.45) is 1.83. The molecule has 3 aromatic rings. The van der Waals surface area contributed by atoms with Gasteiger partial charge in [0.25, 0.3) is 0 Å². The molecular formula is C16H11BrClNO2. The van der Waals surface area contributed by atoms with Crippen molar-refractivity contribution < 1.29 is 9.21 Å². The molecule has 0 radical (unpaired) electrons. The Bertz CT molecular complexity index is 813. The lowest BCUT2D eigenvalue weighted by atomic mass is 10.1. The number of para-hydroxylation sites is 1. The number of rotatable bonds is 3. The van der Waals surface area contributed by atoms with E-state index in [-0.39, 0.29) is 12.3 Å². The SMILES string of the molecule is O=C(Cc1coc2ccc(Cl)cc12)Nc1ccccc1Br. The van der Waals surface area contributed by atoms with E-state index in [1.807, 2.05) is 24.3 Å². The Kier molecular flexibility index (Phi) is 3.99. The molecule has 1 heterocycles. The number of halogens is 2. The molecule has 0 fully saturated rings. The van der Waals surface area contributed by atoms with Gasteiger partial charge in [-0.15, -0.1) is 0 Å². The van der Waals surface area contributed by atoms with E-state index in [1.54, 1.807) is 24.5 Å². The lowest BCUT2D eigenvalue weighted by Gasteiger charge is -2.06. The number of nitrogens with one attached hydrogen (secondary N) is 1. The van der Waals surface area contributed by atoms with Gasteiger partial charge in [-0.2, -0.15) is 0 Å². The lowest BCUT2D eigenvalue weighted by Crippen LogP contribution is -2.14. The van der Waals surface area contributed by atoms with Crippen molar-refractivity contribution in [2.75, 3.05) is 5.32 Å². The molecule has 0 saturated heterocycles. The predicted molar refractivity (Wildman–Crippen MR) is 87.7 cm³/mol. The smallest absolute Gasteiger partial charge is 0.228 e. The predicted octanol–water partition coefficient (Wildman–Crippen LogP) is 5.03. The molecule has 0 spiro atoms. The molecule has 3 nitrogen and oxygen atoms in total. The topological polar surface area (TPSA) is 42.2 Å². The molecule has 0 atom stereocenters. The van der Waals surface area contributed by atoms with Gasteiger partial charge in [0.2, 0.25) is 5.91 Å². The van der Waals surface area contributed by atoms with Crippen LogP contribution >= 0.6 is 27.5 Å². The van der Waals surface area contributed by atoms with E-state index >= 15 is 0 Å². The monoisotopic (exact) mass is 363 g/mol. The molecule has 1 N–H and O–H groups in total. The van der Waals surface area contributed by atoms with Gasteiger partial charge in [0.15, 0.2) is 0 Å². The molecule has 5 heteroatoms. The van der Waals surface area contributed by atoms with E-state index in [2.05, 4.69) is 21.2 Å². The molecule has 2 aromatic carbocycles. The maximum atomic E-state index is 12.2. The van der Waals surface area contributed by atoms with Crippen LogP contribution in [0.1, 0.15) is 5.56 Å². The first kappa shape index (κ1) is 14.2. The molecule has 106 valence electrons. The fourth-order valence-corrected chi connectivity index (χ4v) is 2.68. The van der Waals surface area contributed by atoms with Gasteiger partial charge in [0.1, 0.15) is 5.58 Å². The van der Waals surface area contributed by atoms with Crippen molar-refractivity contribution in [1.29, 1.82) is 0 Å². The van der Waals surface area contributed by atoms with Gasteiger partial charge in [0, 0.05) is 20.4 Å². The third-order valence-electron chi connectivity index (χ3n) is 3.11. The van der Waals surface area contributed by atoms with Crippen LogP contribution in [0.25, 0.3) is 11.0 Å². The van der Waals surface area contributed by atoms with Crippen LogP contribution in [0.2, 0.25) is 5.02 Å². The minimum atomic E-state index is -0.107. The number of amides is 1. The van der Waals surface area contributed by atoms with Crippen molar-refractivity contribution in [2.45, 2.75) is 6.42 Å². The van der Waals surface area contributed by atoms with E-state index in [4.69, 9.17) is 16.0 Å². The summed E-state index contributed by atoms with van der Waals surface area (Å²) < 4.78 is 6.28. The van der Waals surface area contributed by atoms with E-state index in [9.17, 15) is 4.79 Å². The van der Waals surface area contributed by atoms with Crippen LogP contribution in [0.15, 0.2) is 57.6 Å². The molecule has 0 saturated carbocycles. The highest BCUT2D eigenvalue weighted by atomic mass is 79.9. The molecular weight excluding hydrogens is 354 g/mol. The summed E-state index contributed by atoms with van der Waals surface area (Å²) in [6.45, 7) is 0. The zero-order valence-electron chi connectivity index (χ0n) is 10.9. The number of hydrogen-bond acceptors (Lipinski definition) is 2. The maximum absolute atomic E-state index is 12.2. The molecule has 0 bridgehead atoms. The molecule has 3 rings (SSSR count). The first-order valence-corrected chi connectivity index (χ1v) is 7.50. The average Bonchev–Trinajstić information content (AvgIpc) is 2.84. The number of anilines is 1. The van der Waals surface area contributed by atoms with Crippen LogP contribution in [-0.4, -0.2) is 5.91 Å². The second kappa shape index (κ2) is 5.92. The van der Waals surface area contributed by atoms with Crippen molar-refractivity contribution in [3.05, 3.63) is 63.8 Å². The van der Waals surface area contributed by atoms with E-state index in [0.717, 1.165) is 26.7 Å². The summed E-state index contributed by atoms with van der Waals surface area (Å²) in [6, 6.07) is 12.8. The Hall–Kier alpha value is -1.78. The van der Waals surface area contributed by atoms with Crippen LogP contribution in [0, 0.1) is 0 Å². The van der Waals surface area contributed by atoms with Gasteiger partial charge < -0.3 is 9.73 Å². The minimum Gasteiger partial charge on any atom is -0.464 e. The highest BCUT2D eigenvalue weighted by Crippen LogP contribution is 2.26. The fourth-order valence-electron chi connectivity index (χ4n) is 2.12. The number of benzene rings is 2. The van der Waals surface area contributed by atoms with Crippen molar-refractivity contribution in [3.63, 3.8) is 0 Å². The third kappa shape index (κ3) is 3.12. The number of carbonyl (C=O) groups is 1. The Morgan fingerprint density at radius 1 is 1.24 bits per heavy atom. The summed E-state index contributed by atoms with van der Waals surface area (Å²) >= 11 is 9.39. The van der Waals surface area contributed by atoms with Crippen LogP contribution in [-0.2, 0) is 11.2 Å². The second-order valence-corrected chi connectivity index (χ2v) is 5.90. The van der Waals surface area contributed by atoms with Gasteiger partial charge in [-0.25, -0.2) is 0 Å². The molecule has 21 heavy (non-hydrogen) atoms. The van der Waals surface area contributed by atoms with Crippen LogP contribution in [0.3, 0.4) is 0 Å². The van der Waals surface area contributed by atoms with Gasteiger partial charge >= 0.3 is 0 Å². The fraction of sp³-hybridized carbons (Fsp3) is 0.0625. The number of carbonyl (C=O) groups excluding carboxylic acids is 1. The standard InChI is InChI=1S/C16H11BrClNO2/c17-13-3-1-2-4-14(13)19-16(20)7-10-9-21-15-6-5-11(18)8-12(10)15/h1-6,8-9H,7H2,(H,19,20). The van der Waals surface area contributed by atoms with Crippen molar-refractivity contribution in [3.8, 4) is 0 Å². The van der Waals surface area contributed by atoms with E-state index in [0.29, 0.717) is 5.02 Å². The average molecular weight is 365 g/mol. The number of fused-ring (bicyclic) bond motifs is 1. The summed E-state index contributed by atoms with van der Waals surface area (Å²) in [7, 11) is 0. The van der Waals surface area contributed by atoms with Gasteiger partial charge in [0.05, 0.1) is 18.4 Å². The van der Waals surface area contributed by atoms with E-state index < -0.39 is 0 Å². The Morgan fingerprint density at radius 2 is 2.05 bits per heavy atom. The highest BCUT2D eigenvalue weighted by molar-refractivity contribution is 9.10. The molecule has 1 amide bonds. The molecule has 0 aliphatic carbocycles. The van der Waals surface area contributed by atoms with E-state index in [1.165, 1.54) is 0 Å². The normalized spacial score (nSPS) is 10.8. The molecule has 0 unspecified atom stereocenters. The minimum absolute atomic E-state index is 0.107. The number of furan rings is 1. The largest absolute Gasteiger partial charge is 0.464 e. The van der Waals surface area contributed by atoms with Gasteiger partial charge in [-0.05, 0) is 46.3 Å². The van der Waals surface area contributed by atoms with Crippen molar-refractivity contribution in [2.24, 2.45) is 0 Å². The Balaban J connectivity index is 1.80. The summed E-state index contributed by atoms with van der Waals surface area (Å²) in [4.78, 5) is 12.2. The summed E-state index contributed by atoms with van der Waals surface area (Å²) in [5.74, 6) is -0.107. The first-order valence-electron chi connectivity index (χ1n) is 6.33. The van der Waals surface area contributed by atoms with Crippen LogP contribution in [0.5, 0.6) is 0 Å². The van der Waals surface area contributed by atoms with Gasteiger partial charge in [-0.1, -0.05) is 23.7 Å². The molecule has 1 aromatic heterocycles. The first-order chi connectivity index (χ1) is 10.1. The quantitative estimate of drug-likeness (QED) is 0.708. The second-order valence-electron chi connectivity index (χ2n) is 4.61. The van der Waals surface area contributed by atoms with Crippen LogP contribution in [0.4, 0.5) is 5.69 Å². The van der Waals surface area contributed by atoms with Crippen molar-refractivity contribution in [1.82, 2.24) is 0 Å². The zero-order valence-corrected chi connectivity index (χ0v) is 13.2. The lowest BCUT2D eigenvalue weighted by molar-refractivity contribution is -0.115. The summed E-state index contributed by atoms with van der Waals surface area (Å²) in [5, 5.41) is 4.35. The Morgan fingerprint density at radius 3 is 2.86 bits per heavy atom. The number of hydrogen-bond donors (Lipinski definition) is 1. The maximum Gasteiger partial charge on any atom is 0.228 e. The van der Waals surface area contributed by atoms with Gasteiger partial charge in [-0.3, -0.25) is 4.79 Å². The van der Waals surface area contributed by atoms with Crippen molar-refractivity contribution >= 4 is 50.1 Å². The van der Waals surface area contributed by atoms with Crippen LogP contribution < -0.4 is 5.32 Å². The molecule has 0 aliphatic rings. The zero-order chi connectivity index (χ0) is 14.8. The third-order valence-corrected chi connectivity index (χ3v) is 4.04. The Labute approximate surface area is 135 Å². The molecule has 0 aliphatic heterocycles. The highest BCUT2D eigenvalue weighted by Gasteiger charge is 2.12.